The van der Waals surface area contributed by atoms with Crippen LogP contribution in [0.5, 0.6) is 0 Å². The molecule has 1 saturated heterocycles. The van der Waals surface area contributed by atoms with Gasteiger partial charge in [0.25, 0.3) is 5.56 Å². The number of alkyl halides is 1. The summed E-state index contributed by atoms with van der Waals surface area (Å²) in [6.45, 7) is 9.51. The summed E-state index contributed by atoms with van der Waals surface area (Å²) in [5.41, 5.74) is 5.42. The molecule has 41 heavy (non-hydrogen) atoms. The van der Waals surface area contributed by atoms with E-state index in [1.54, 1.807) is 12.3 Å². The van der Waals surface area contributed by atoms with Crippen LogP contribution in [-0.4, -0.2) is 45.7 Å². The number of hydrogen-bond acceptors (Lipinski definition) is 4. The van der Waals surface area contributed by atoms with Crippen molar-refractivity contribution in [2.24, 2.45) is 5.92 Å². The third-order valence-electron chi connectivity index (χ3n) is 7.71. The summed E-state index contributed by atoms with van der Waals surface area (Å²) in [4.78, 5) is 40.7. The van der Waals surface area contributed by atoms with Gasteiger partial charge in [-0.3, -0.25) is 19.3 Å². The van der Waals surface area contributed by atoms with Gasteiger partial charge in [0.15, 0.2) is 0 Å². The van der Waals surface area contributed by atoms with E-state index in [0.717, 1.165) is 27.8 Å². The van der Waals surface area contributed by atoms with E-state index in [-0.39, 0.29) is 17.9 Å². The zero-order chi connectivity index (χ0) is 29.7. The molecule has 8 heteroatoms. The number of carbonyl (C=O) groups is 2. The maximum Gasteiger partial charge on any atom is 0.305 e. The summed E-state index contributed by atoms with van der Waals surface area (Å²) < 4.78 is 15.2. The average molecular weight is 562 g/mol. The maximum absolute atomic E-state index is 13.8. The number of amides is 1. The number of halogens is 1. The van der Waals surface area contributed by atoms with Crippen LogP contribution < -0.4 is 10.9 Å². The number of carboxylic acids is 1. The van der Waals surface area contributed by atoms with E-state index in [0.29, 0.717) is 38.0 Å². The van der Waals surface area contributed by atoms with Crippen LogP contribution in [0.15, 0.2) is 65.6 Å². The highest BCUT2D eigenvalue weighted by Gasteiger charge is 2.28. The summed E-state index contributed by atoms with van der Waals surface area (Å²) in [5.74, 6) is -1.35. The molecule has 1 amide bonds. The van der Waals surface area contributed by atoms with Gasteiger partial charge in [0.2, 0.25) is 5.91 Å². The maximum atomic E-state index is 13.8. The number of aliphatic carboxylic acids is 1. The van der Waals surface area contributed by atoms with E-state index >= 15 is 0 Å². The third kappa shape index (κ3) is 7.70. The van der Waals surface area contributed by atoms with Crippen molar-refractivity contribution in [1.29, 1.82) is 0 Å². The van der Waals surface area contributed by atoms with Crippen LogP contribution in [0.25, 0.3) is 11.1 Å². The van der Waals surface area contributed by atoms with Gasteiger partial charge in [-0.05, 0) is 72.1 Å². The van der Waals surface area contributed by atoms with Crippen molar-refractivity contribution in [1.82, 2.24) is 14.8 Å². The fraction of sp³-hybridized carbons (Fsp3) is 0.424. The van der Waals surface area contributed by atoms with E-state index in [2.05, 4.69) is 5.32 Å². The lowest BCUT2D eigenvalue weighted by atomic mass is 9.92. The Balaban J connectivity index is 1.64. The second-order valence-electron chi connectivity index (χ2n) is 11.6. The molecular weight excluding hydrogens is 521 g/mol. The normalized spacial score (nSPS) is 17.0. The summed E-state index contributed by atoms with van der Waals surface area (Å²) >= 11 is 0. The van der Waals surface area contributed by atoms with Crippen molar-refractivity contribution in [3.8, 4) is 11.1 Å². The topological polar surface area (TPSA) is 91.6 Å². The molecule has 1 aliphatic rings. The Kier molecular flexibility index (Phi) is 9.76. The highest BCUT2D eigenvalue weighted by Crippen LogP contribution is 2.30. The predicted molar refractivity (Wildman–Crippen MR) is 158 cm³/mol. The Hall–Kier alpha value is -3.78. The molecule has 1 aliphatic heterocycles. The molecule has 1 aromatic heterocycles. The summed E-state index contributed by atoms with van der Waals surface area (Å²) in [5, 5.41) is 12.7. The van der Waals surface area contributed by atoms with Gasteiger partial charge in [0.05, 0.1) is 12.5 Å². The van der Waals surface area contributed by atoms with Crippen LogP contribution >= 0.6 is 0 Å². The molecule has 7 nitrogen and oxygen atoms in total. The van der Waals surface area contributed by atoms with Crippen LogP contribution in [0.2, 0.25) is 0 Å². The number of nitrogens with one attached hydrogen (secondary N) is 1. The number of rotatable bonds is 11. The molecule has 218 valence electrons. The monoisotopic (exact) mass is 561 g/mol. The van der Waals surface area contributed by atoms with Crippen LogP contribution in [-0.2, 0) is 16.1 Å². The minimum atomic E-state index is -1.04. The number of carbonyl (C=O) groups excluding carboxylic acids is 1. The smallest absolute Gasteiger partial charge is 0.305 e. The highest BCUT2D eigenvalue weighted by atomic mass is 19.1. The zero-order valence-corrected chi connectivity index (χ0v) is 24.3. The summed E-state index contributed by atoms with van der Waals surface area (Å²) in [6, 6.07) is 15.2. The van der Waals surface area contributed by atoms with Crippen molar-refractivity contribution in [3.05, 3.63) is 93.4 Å². The SMILES string of the molecule is Cc1cccc(C)c1-c1cccc([C@H](CC(=O)O)NC(=O)C(CC(C)C)n2cc(CN3CC[C@@H](F)C3)ccc2=O)c1. The minimum Gasteiger partial charge on any atom is -0.481 e. The van der Waals surface area contributed by atoms with Gasteiger partial charge in [-0.15, -0.1) is 0 Å². The quantitative estimate of drug-likeness (QED) is 0.318. The Labute approximate surface area is 241 Å². The molecule has 0 aliphatic carbocycles. The second-order valence-corrected chi connectivity index (χ2v) is 11.6. The van der Waals surface area contributed by atoms with E-state index in [1.807, 2.05) is 75.1 Å². The number of benzene rings is 2. The second kappa shape index (κ2) is 13.3. The molecule has 3 atom stereocenters. The van der Waals surface area contributed by atoms with Crippen molar-refractivity contribution in [2.45, 2.75) is 71.8 Å². The Morgan fingerprint density at radius 1 is 1.07 bits per heavy atom. The number of carboxylic acid groups (broad SMARTS) is 1. The number of hydrogen-bond donors (Lipinski definition) is 2. The van der Waals surface area contributed by atoms with E-state index in [1.165, 1.54) is 10.6 Å². The number of likely N-dealkylation sites (tertiary alicyclic amines) is 1. The molecule has 1 unspecified atom stereocenters. The highest BCUT2D eigenvalue weighted by molar-refractivity contribution is 5.82. The van der Waals surface area contributed by atoms with Gasteiger partial charge in [-0.2, -0.15) is 0 Å². The van der Waals surface area contributed by atoms with Gasteiger partial charge < -0.3 is 15.0 Å². The first-order valence-electron chi connectivity index (χ1n) is 14.3. The zero-order valence-electron chi connectivity index (χ0n) is 24.3. The Morgan fingerprint density at radius 3 is 2.41 bits per heavy atom. The lowest BCUT2D eigenvalue weighted by molar-refractivity contribution is -0.138. The number of nitrogens with zero attached hydrogens (tertiary/aromatic N) is 2. The van der Waals surface area contributed by atoms with Crippen LogP contribution in [0.3, 0.4) is 0 Å². The first-order chi connectivity index (χ1) is 19.5. The standard InChI is InChI=1S/C33H40FN3O4/c1-21(2)15-29(37-19-24(11-12-30(37)38)18-36-14-13-27(34)20-36)33(41)35-28(17-31(39)40)25-9-6-10-26(16-25)32-22(3)7-5-8-23(32)4/h5-12,16,19,21,27-29H,13-15,17-18,20H2,1-4H3,(H,35,41)(H,39,40)/t27-,28+,29?/m1/s1. The van der Waals surface area contributed by atoms with Crippen molar-refractivity contribution >= 4 is 11.9 Å². The van der Waals surface area contributed by atoms with Gasteiger partial charge in [0, 0.05) is 31.9 Å². The van der Waals surface area contributed by atoms with Gasteiger partial charge in [0.1, 0.15) is 12.2 Å². The van der Waals surface area contributed by atoms with Crippen LogP contribution in [0.1, 0.15) is 67.4 Å². The van der Waals surface area contributed by atoms with E-state index in [4.69, 9.17) is 0 Å². The van der Waals surface area contributed by atoms with Crippen molar-refractivity contribution in [3.63, 3.8) is 0 Å². The molecular formula is C33H40FN3O4. The van der Waals surface area contributed by atoms with Gasteiger partial charge >= 0.3 is 5.97 Å². The molecule has 1 fully saturated rings. The molecule has 0 radical (unpaired) electrons. The number of aryl methyl sites for hydroxylation is 2. The van der Waals surface area contributed by atoms with E-state index < -0.39 is 30.1 Å². The van der Waals surface area contributed by atoms with Crippen LogP contribution in [0, 0.1) is 19.8 Å². The molecule has 4 rings (SSSR count). The Bertz CT molecular complexity index is 1430. The molecule has 0 saturated carbocycles. The number of aromatic nitrogens is 1. The predicted octanol–water partition coefficient (Wildman–Crippen LogP) is 5.60. The lowest BCUT2D eigenvalue weighted by Gasteiger charge is -2.26. The fourth-order valence-corrected chi connectivity index (χ4v) is 5.74. The van der Waals surface area contributed by atoms with Gasteiger partial charge in [-0.25, -0.2) is 4.39 Å². The average Bonchev–Trinajstić information content (AvgIpc) is 3.32. The molecule has 3 aromatic rings. The van der Waals surface area contributed by atoms with Crippen molar-refractivity contribution in [2.75, 3.05) is 13.1 Å². The molecule has 2 N–H and O–H groups in total. The minimum absolute atomic E-state index is 0.0949. The van der Waals surface area contributed by atoms with E-state index in [9.17, 15) is 23.9 Å². The lowest BCUT2D eigenvalue weighted by Crippen LogP contribution is -2.40. The van der Waals surface area contributed by atoms with Crippen LogP contribution in [0.4, 0.5) is 4.39 Å². The third-order valence-corrected chi connectivity index (χ3v) is 7.71. The first-order valence-corrected chi connectivity index (χ1v) is 14.3. The van der Waals surface area contributed by atoms with Gasteiger partial charge in [-0.1, -0.05) is 56.3 Å². The molecule has 2 heterocycles. The Morgan fingerprint density at radius 2 is 1.78 bits per heavy atom. The summed E-state index contributed by atoms with van der Waals surface area (Å²) in [6.07, 6.45) is 1.43. The molecule has 0 spiro atoms. The number of pyridine rings is 1. The largest absolute Gasteiger partial charge is 0.481 e. The molecule has 2 aromatic carbocycles. The first kappa shape index (κ1) is 30.2. The fourth-order valence-electron chi connectivity index (χ4n) is 5.74. The van der Waals surface area contributed by atoms with Crippen molar-refractivity contribution < 1.29 is 19.1 Å². The molecule has 0 bridgehead atoms. The summed E-state index contributed by atoms with van der Waals surface area (Å²) in [7, 11) is 0.